The fraction of sp³-hybridized carbons (Fsp3) is 0.333. The molecule has 2 aromatic carbocycles. The third-order valence-corrected chi connectivity index (χ3v) is 6.72. The van der Waals surface area contributed by atoms with Crippen molar-refractivity contribution >= 4 is 23.5 Å². The lowest BCUT2D eigenvalue weighted by molar-refractivity contribution is -0.134. The molecule has 0 unspecified atom stereocenters. The van der Waals surface area contributed by atoms with Crippen LogP contribution in [-0.4, -0.2) is 52.7 Å². The Balaban J connectivity index is 1.38. The molecule has 36 heavy (non-hydrogen) atoms. The molecular weight excluding hydrogens is 460 g/mol. The second-order valence-corrected chi connectivity index (χ2v) is 8.90. The van der Waals surface area contributed by atoms with Crippen molar-refractivity contribution < 1.29 is 23.9 Å². The minimum absolute atomic E-state index is 0.0359. The number of fused-ring (bicyclic) bond motifs is 2. The van der Waals surface area contributed by atoms with Gasteiger partial charge in [-0.15, -0.1) is 0 Å². The van der Waals surface area contributed by atoms with Gasteiger partial charge >= 0.3 is 5.97 Å². The minimum Gasteiger partial charge on any atom is -0.497 e. The van der Waals surface area contributed by atoms with E-state index in [1.54, 1.807) is 37.1 Å². The third-order valence-electron chi connectivity index (χ3n) is 6.72. The van der Waals surface area contributed by atoms with Crippen LogP contribution in [0.25, 0.3) is 0 Å². The molecule has 1 aromatic heterocycles. The van der Waals surface area contributed by atoms with E-state index in [9.17, 15) is 14.4 Å². The molecule has 3 heterocycles. The van der Waals surface area contributed by atoms with Crippen LogP contribution in [0.5, 0.6) is 5.75 Å². The number of carbonyl (C=O) groups excluding carboxylic acids is 3. The maximum atomic E-state index is 13.3. The topological polar surface area (TPSA) is 103 Å². The summed E-state index contributed by atoms with van der Waals surface area (Å²) < 4.78 is 12.4. The van der Waals surface area contributed by atoms with Crippen molar-refractivity contribution in [1.82, 2.24) is 14.7 Å². The Bertz CT molecular complexity index is 1320. The first kappa shape index (κ1) is 23.6. The van der Waals surface area contributed by atoms with Crippen LogP contribution in [0.4, 0.5) is 5.69 Å². The largest absolute Gasteiger partial charge is 0.497 e. The van der Waals surface area contributed by atoms with Crippen molar-refractivity contribution in [2.75, 3.05) is 25.6 Å². The molecule has 9 heteroatoms. The van der Waals surface area contributed by atoms with E-state index in [0.717, 1.165) is 16.8 Å². The molecule has 0 saturated heterocycles. The Morgan fingerprint density at radius 1 is 1.17 bits per heavy atom. The van der Waals surface area contributed by atoms with Crippen molar-refractivity contribution in [3.05, 3.63) is 76.6 Å². The van der Waals surface area contributed by atoms with Crippen molar-refractivity contribution in [3.63, 3.8) is 0 Å². The molecule has 2 amide bonds. The Kier molecular flexibility index (Phi) is 6.45. The summed E-state index contributed by atoms with van der Waals surface area (Å²) in [4.78, 5) is 40.4. The van der Waals surface area contributed by atoms with Gasteiger partial charge in [-0.05, 0) is 36.2 Å². The number of hydrogen-bond acceptors (Lipinski definition) is 6. The highest BCUT2D eigenvalue weighted by Crippen LogP contribution is 2.38. The quantitative estimate of drug-likeness (QED) is 0.513. The van der Waals surface area contributed by atoms with E-state index in [-0.39, 0.29) is 37.1 Å². The van der Waals surface area contributed by atoms with Gasteiger partial charge in [-0.1, -0.05) is 30.3 Å². The van der Waals surface area contributed by atoms with Gasteiger partial charge in [0.2, 0.25) is 11.8 Å². The molecule has 0 radical (unpaired) electrons. The van der Waals surface area contributed by atoms with E-state index in [0.29, 0.717) is 36.5 Å². The average Bonchev–Trinajstić information content (AvgIpc) is 3.41. The maximum Gasteiger partial charge on any atom is 0.359 e. The summed E-state index contributed by atoms with van der Waals surface area (Å²) in [5, 5.41) is 7.44. The average molecular weight is 489 g/mol. The number of hydrogen-bond donors (Lipinski definition) is 1. The number of rotatable bonds is 7. The maximum absolute atomic E-state index is 13.3. The van der Waals surface area contributed by atoms with Crippen LogP contribution in [0.15, 0.2) is 48.5 Å². The molecule has 0 aliphatic carbocycles. The first-order chi connectivity index (χ1) is 17.5. The molecule has 2 aliphatic heterocycles. The van der Waals surface area contributed by atoms with E-state index in [1.807, 2.05) is 35.0 Å². The normalized spacial score (nSPS) is 16.2. The summed E-state index contributed by atoms with van der Waals surface area (Å²) in [6.07, 6.45) is 0.593. The summed E-state index contributed by atoms with van der Waals surface area (Å²) in [6.45, 7) is 3.24. The van der Waals surface area contributed by atoms with Crippen LogP contribution in [0.2, 0.25) is 0 Å². The van der Waals surface area contributed by atoms with Gasteiger partial charge in [-0.25, -0.2) is 4.79 Å². The van der Waals surface area contributed by atoms with Gasteiger partial charge < -0.3 is 19.7 Å². The van der Waals surface area contributed by atoms with E-state index in [1.165, 1.54) is 0 Å². The summed E-state index contributed by atoms with van der Waals surface area (Å²) in [7, 11) is 1.57. The number of aromatic nitrogens is 2. The van der Waals surface area contributed by atoms with Gasteiger partial charge in [0.25, 0.3) is 0 Å². The SMILES string of the molecule is CCOC(=O)c1nn(Cc2ccccc2)c2c1CN(C(=O)C[C@@H]1C(=O)Nc3ccc(OC)cc31)CC2. The Morgan fingerprint density at radius 2 is 1.97 bits per heavy atom. The number of nitrogens with one attached hydrogen (secondary N) is 1. The van der Waals surface area contributed by atoms with Gasteiger partial charge in [-0.3, -0.25) is 14.3 Å². The molecule has 9 nitrogen and oxygen atoms in total. The van der Waals surface area contributed by atoms with E-state index in [4.69, 9.17) is 9.47 Å². The number of nitrogens with zero attached hydrogens (tertiary/aromatic N) is 3. The minimum atomic E-state index is -0.589. The van der Waals surface area contributed by atoms with Gasteiger partial charge in [0, 0.05) is 42.9 Å². The lowest BCUT2D eigenvalue weighted by Crippen LogP contribution is -2.38. The number of carbonyl (C=O) groups is 3. The van der Waals surface area contributed by atoms with E-state index in [2.05, 4.69) is 10.4 Å². The number of anilines is 1. The fourth-order valence-corrected chi connectivity index (χ4v) is 4.89. The highest BCUT2D eigenvalue weighted by atomic mass is 16.5. The van der Waals surface area contributed by atoms with Crippen LogP contribution in [0.3, 0.4) is 0 Å². The standard InChI is InChI=1S/C27H28N4O5/c1-3-36-27(34)25-21-16-30(12-11-23(21)31(29-25)15-17-7-5-4-6-8-17)24(32)14-20-19-13-18(35-2)9-10-22(19)28-26(20)33/h4-10,13,20H,3,11-12,14-16H2,1-2H3,(H,28,33)/t20-/m0/s1. The second-order valence-electron chi connectivity index (χ2n) is 8.90. The van der Waals surface area contributed by atoms with Gasteiger partial charge in [0.15, 0.2) is 5.69 Å². The third kappa shape index (κ3) is 4.44. The van der Waals surface area contributed by atoms with Crippen molar-refractivity contribution in [3.8, 4) is 5.75 Å². The first-order valence-electron chi connectivity index (χ1n) is 12.0. The first-order valence-corrected chi connectivity index (χ1v) is 12.0. The van der Waals surface area contributed by atoms with Crippen LogP contribution in [-0.2, 0) is 33.8 Å². The molecule has 1 N–H and O–H groups in total. The predicted octanol–water partition coefficient (Wildman–Crippen LogP) is 3.13. The Morgan fingerprint density at radius 3 is 2.72 bits per heavy atom. The second kappa shape index (κ2) is 9.85. The lowest BCUT2D eigenvalue weighted by atomic mass is 9.95. The number of esters is 1. The molecule has 0 bridgehead atoms. The van der Waals surface area contributed by atoms with Crippen molar-refractivity contribution in [2.45, 2.75) is 38.8 Å². The highest BCUT2D eigenvalue weighted by molar-refractivity contribution is 6.05. The zero-order chi connectivity index (χ0) is 25.2. The number of methoxy groups -OCH3 is 1. The highest BCUT2D eigenvalue weighted by Gasteiger charge is 2.36. The molecule has 0 spiro atoms. The van der Waals surface area contributed by atoms with E-state index < -0.39 is 11.9 Å². The molecule has 1 atom stereocenters. The predicted molar refractivity (Wildman–Crippen MR) is 132 cm³/mol. The van der Waals surface area contributed by atoms with E-state index >= 15 is 0 Å². The lowest BCUT2D eigenvalue weighted by Gasteiger charge is -2.28. The van der Waals surface area contributed by atoms with Gasteiger partial charge in [-0.2, -0.15) is 5.10 Å². The number of amides is 2. The zero-order valence-electron chi connectivity index (χ0n) is 20.3. The fourth-order valence-electron chi connectivity index (χ4n) is 4.89. The zero-order valence-corrected chi connectivity index (χ0v) is 20.3. The Labute approximate surface area is 209 Å². The number of benzene rings is 2. The Hall–Kier alpha value is -4.14. The summed E-state index contributed by atoms with van der Waals surface area (Å²) in [6, 6.07) is 15.3. The molecule has 186 valence electrons. The molecule has 0 fully saturated rings. The molecule has 3 aromatic rings. The molecule has 2 aliphatic rings. The molecule has 5 rings (SSSR count). The van der Waals surface area contributed by atoms with Crippen LogP contribution < -0.4 is 10.1 Å². The molecule has 0 saturated carbocycles. The smallest absolute Gasteiger partial charge is 0.359 e. The van der Waals surface area contributed by atoms with Crippen LogP contribution in [0, 0.1) is 0 Å². The molecular formula is C27H28N4O5. The number of ether oxygens (including phenoxy) is 2. The summed E-state index contributed by atoms with van der Waals surface area (Å²) >= 11 is 0. The van der Waals surface area contributed by atoms with Crippen molar-refractivity contribution in [1.29, 1.82) is 0 Å². The van der Waals surface area contributed by atoms with Crippen LogP contribution >= 0.6 is 0 Å². The van der Waals surface area contributed by atoms with Gasteiger partial charge in [0.1, 0.15) is 5.75 Å². The summed E-state index contributed by atoms with van der Waals surface area (Å²) in [5.41, 5.74) is 4.41. The van der Waals surface area contributed by atoms with Gasteiger partial charge in [0.05, 0.1) is 26.2 Å². The van der Waals surface area contributed by atoms with Crippen molar-refractivity contribution in [2.24, 2.45) is 0 Å². The summed E-state index contributed by atoms with van der Waals surface area (Å²) in [5.74, 6) is -0.801. The monoisotopic (exact) mass is 488 g/mol. The van der Waals surface area contributed by atoms with Crippen LogP contribution in [0.1, 0.15) is 52.1 Å².